The normalized spacial score (nSPS) is 10.8. The Labute approximate surface area is 110 Å². The Bertz CT molecular complexity index is 545. The van der Waals surface area contributed by atoms with Crippen molar-refractivity contribution < 1.29 is 8.78 Å². The summed E-state index contributed by atoms with van der Waals surface area (Å²) in [5, 5.41) is 8.38. The van der Waals surface area contributed by atoms with Crippen LogP contribution < -0.4 is 0 Å². The zero-order valence-corrected chi connectivity index (χ0v) is 10.7. The van der Waals surface area contributed by atoms with Gasteiger partial charge < -0.3 is 0 Å². The minimum Gasteiger partial charge on any atom is -0.206 e. The average molecular weight is 295 g/mol. The SMILES string of the molecule is Fc1cc(-c2nnc(CCCl)s2)c(F)cc1Cl. The monoisotopic (exact) mass is 294 g/mol. The van der Waals surface area contributed by atoms with Crippen LogP contribution in [0.1, 0.15) is 5.01 Å². The van der Waals surface area contributed by atoms with Crippen molar-refractivity contribution in [3.8, 4) is 10.6 Å². The van der Waals surface area contributed by atoms with Crippen molar-refractivity contribution >= 4 is 34.5 Å². The molecule has 7 heteroatoms. The van der Waals surface area contributed by atoms with E-state index in [0.717, 1.165) is 12.1 Å². The molecular formula is C10H6Cl2F2N2S. The van der Waals surface area contributed by atoms with Gasteiger partial charge in [0.15, 0.2) is 5.01 Å². The van der Waals surface area contributed by atoms with E-state index >= 15 is 0 Å². The third-order valence-electron chi connectivity index (χ3n) is 2.02. The molecule has 2 nitrogen and oxygen atoms in total. The fourth-order valence-electron chi connectivity index (χ4n) is 1.23. The van der Waals surface area contributed by atoms with Gasteiger partial charge in [0, 0.05) is 12.3 Å². The maximum absolute atomic E-state index is 13.6. The molecule has 0 aliphatic heterocycles. The summed E-state index contributed by atoms with van der Waals surface area (Å²) in [7, 11) is 0. The van der Waals surface area contributed by atoms with Gasteiger partial charge in [-0.05, 0) is 12.1 Å². The molecule has 1 aromatic heterocycles. The molecule has 1 aromatic carbocycles. The van der Waals surface area contributed by atoms with Gasteiger partial charge in [-0.15, -0.1) is 21.8 Å². The van der Waals surface area contributed by atoms with Crippen LogP contribution >= 0.6 is 34.5 Å². The molecule has 90 valence electrons. The highest BCUT2D eigenvalue weighted by atomic mass is 35.5. The van der Waals surface area contributed by atoms with Gasteiger partial charge in [0.05, 0.1) is 10.6 Å². The summed E-state index contributed by atoms with van der Waals surface area (Å²) >= 11 is 12.2. The third-order valence-corrected chi connectivity index (χ3v) is 3.51. The van der Waals surface area contributed by atoms with Crippen LogP contribution in [0.4, 0.5) is 8.78 Å². The molecule has 0 saturated carbocycles. The Kier molecular flexibility index (Phi) is 3.91. The van der Waals surface area contributed by atoms with Crippen molar-refractivity contribution in [2.45, 2.75) is 6.42 Å². The van der Waals surface area contributed by atoms with E-state index < -0.39 is 11.6 Å². The first-order valence-corrected chi connectivity index (χ1v) is 6.38. The number of alkyl halides is 1. The van der Waals surface area contributed by atoms with E-state index in [-0.39, 0.29) is 10.6 Å². The smallest absolute Gasteiger partial charge is 0.150 e. The minimum absolute atomic E-state index is 0.0604. The van der Waals surface area contributed by atoms with Crippen molar-refractivity contribution in [3.63, 3.8) is 0 Å². The van der Waals surface area contributed by atoms with Crippen LogP contribution in [0, 0.1) is 11.6 Å². The zero-order valence-electron chi connectivity index (χ0n) is 8.38. The molecule has 0 unspecified atom stereocenters. The number of hydrogen-bond acceptors (Lipinski definition) is 3. The first-order chi connectivity index (χ1) is 8.11. The Balaban J connectivity index is 2.41. The van der Waals surface area contributed by atoms with Crippen LogP contribution in [0.3, 0.4) is 0 Å². The van der Waals surface area contributed by atoms with Crippen LogP contribution in [0.2, 0.25) is 5.02 Å². The predicted octanol–water partition coefficient (Wildman–Crippen LogP) is 3.92. The molecule has 17 heavy (non-hydrogen) atoms. The number of aromatic nitrogens is 2. The van der Waals surface area contributed by atoms with Gasteiger partial charge in [0.1, 0.15) is 16.6 Å². The van der Waals surface area contributed by atoms with E-state index in [4.69, 9.17) is 23.2 Å². The molecule has 0 aliphatic carbocycles. The van der Waals surface area contributed by atoms with Gasteiger partial charge in [0.2, 0.25) is 0 Å². The van der Waals surface area contributed by atoms with Gasteiger partial charge in [-0.3, -0.25) is 0 Å². The molecular weight excluding hydrogens is 289 g/mol. The second-order valence-corrected chi connectivity index (χ2v) is 5.03. The number of hydrogen-bond donors (Lipinski definition) is 0. The number of aryl methyl sites for hydroxylation is 1. The lowest BCUT2D eigenvalue weighted by Crippen LogP contribution is -1.87. The highest BCUT2D eigenvalue weighted by molar-refractivity contribution is 7.14. The molecule has 2 aromatic rings. The third kappa shape index (κ3) is 2.73. The van der Waals surface area contributed by atoms with Crippen molar-refractivity contribution in [2.75, 3.05) is 5.88 Å². The topological polar surface area (TPSA) is 25.8 Å². The summed E-state index contributed by atoms with van der Waals surface area (Å²) < 4.78 is 26.8. The average Bonchev–Trinajstić information content (AvgIpc) is 2.72. The van der Waals surface area contributed by atoms with Gasteiger partial charge in [-0.25, -0.2) is 8.78 Å². The molecule has 0 spiro atoms. The summed E-state index contributed by atoms with van der Waals surface area (Å²) in [6.45, 7) is 0. The van der Waals surface area contributed by atoms with E-state index in [2.05, 4.69) is 10.2 Å². The Hall–Kier alpha value is -0.780. The Morgan fingerprint density at radius 3 is 2.65 bits per heavy atom. The fourth-order valence-corrected chi connectivity index (χ4v) is 2.53. The number of nitrogens with zero attached hydrogens (tertiary/aromatic N) is 2. The molecule has 0 aliphatic rings. The van der Waals surface area contributed by atoms with Gasteiger partial charge in [-0.1, -0.05) is 22.9 Å². The summed E-state index contributed by atoms with van der Waals surface area (Å²) in [4.78, 5) is 0. The fraction of sp³-hybridized carbons (Fsp3) is 0.200. The summed E-state index contributed by atoms with van der Waals surface area (Å²) in [6, 6.07) is 1.94. The van der Waals surface area contributed by atoms with E-state index in [9.17, 15) is 8.78 Å². The zero-order chi connectivity index (χ0) is 12.4. The standard InChI is InChI=1S/C10H6Cl2F2N2S/c11-2-1-9-15-16-10(17-9)5-3-8(14)6(12)4-7(5)13/h3-4H,1-2H2. The summed E-state index contributed by atoms with van der Waals surface area (Å²) in [6.07, 6.45) is 0.552. The highest BCUT2D eigenvalue weighted by Crippen LogP contribution is 2.29. The number of benzene rings is 1. The highest BCUT2D eigenvalue weighted by Gasteiger charge is 2.14. The summed E-state index contributed by atoms with van der Waals surface area (Å²) in [5.74, 6) is -0.895. The van der Waals surface area contributed by atoms with Gasteiger partial charge in [0.25, 0.3) is 0 Å². The van der Waals surface area contributed by atoms with E-state index in [0.29, 0.717) is 22.3 Å². The van der Waals surface area contributed by atoms with Gasteiger partial charge in [-0.2, -0.15) is 0 Å². The summed E-state index contributed by atoms with van der Waals surface area (Å²) in [5.41, 5.74) is 0.0604. The molecule has 2 rings (SSSR count). The number of halogens is 4. The van der Waals surface area contributed by atoms with E-state index in [1.54, 1.807) is 0 Å². The molecule has 0 atom stereocenters. The van der Waals surface area contributed by atoms with Crippen LogP contribution in [0.25, 0.3) is 10.6 Å². The van der Waals surface area contributed by atoms with E-state index in [1.165, 1.54) is 11.3 Å². The minimum atomic E-state index is -0.683. The molecule has 1 heterocycles. The second kappa shape index (κ2) is 5.25. The number of rotatable bonds is 3. The lowest BCUT2D eigenvalue weighted by Gasteiger charge is -2.00. The molecule has 0 saturated heterocycles. The van der Waals surface area contributed by atoms with Crippen molar-refractivity contribution in [2.24, 2.45) is 0 Å². The second-order valence-electron chi connectivity index (χ2n) is 3.19. The Morgan fingerprint density at radius 2 is 1.94 bits per heavy atom. The first-order valence-electron chi connectivity index (χ1n) is 4.65. The Morgan fingerprint density at radius 1 is 1.18 bits per heavy atom. The predicted molar refractivity (Wildman–Crippen MR) is 64.7 cm³/mol. The van der Waals surface area contributed by atoms with Crippen molar-refractivity contribution in [1.82, 2.24) is 10.2 Å². The van der Waals surface area contributed by atoms with Crippen LogP contribution in [-0.4, -0.2) is 16.1 Å². The first kappa shape index (κ1) is 12.7. The molecule has 0 bridgehead atoms. The largest absolute Gasteiger partial charge is 0.206 e. The molecule has 0 fully saturated rings. The van der Waals surface area contributed by atoms with Crippen molar-refractivity contribution in [3.05, 3.63) is 33.8 Å². The molecule has 0 amide bonds. The maximum Gasteiger partial charge on any atom is 0.150 e. The molecule has 0 radical (unpaired) electrons. The van der Waals surface area contributed by atoms with Crippen molar-refractivity contribution in [1.29, 1.82) is 0 Å². The van der Waals surface area contributed by atoms with Crippen LogP contribution in [0.5, 0.6) is 0 Å². The lowest BCUT2D eigenvalue weighted by molar-refractivity contribution is 0.603. The quantitative estimate of drug-likeness (QED) is 0.633. The van der Waals surface area contributed by atoms with Crippen LogP contribution in [0.15, 0.2) is 12.1 Å². The lowest BCUT2D eigenvalue weighted by atomic mass is 10.2. The van der Waals surface area contributed by atoms with Gasteiger partial charge >= 0.3 is 0 Å². The molecule has 0 N–H and O–H groups in total. The van der Waals surface area contributed by atoms with Crippen LogP contribution in [-0.2, 0) is 6.42 Å². The van der Waals surface area contributed by atoms with E-state index in [1.807, 2.05) is 0 Å². The maximum atomic E-state index is 13.6.